The van der Waals surface area contributed by atoms with Gasteiger partial charge in [0.25, 0.3) is 0 Å². The summed E-state index contributed by atoms with van der Waals surface area (Å²) in [5.74, 6) is 0.725. The number of esters is 1. The molecule has 6 heteroatoms. The molecule has 3 aromatic rings. The summed E-state index contributed by atoms with van der Waals surface area (Å²) in [6, 6.07) is 19.9. The van der Waals surface area contributed by atoms with E-state index >= 15 is 0 Å². The quantitative estimate of drug-likeness (QED) is 0.192. The van der Waals surface area contributed by atoms with Crippen LogP contribution in [0.25, 0.3) is 11.6 Å². The summed E-state index contributed by atoms with van der Waals surface area (Å²) < 4.78 is 16.4. The Kier molecular flexibility index (Phi) is 7.54. The zero-order valence-corrected chi connectivity index (χ0v) is 18.8. The molecule has 162 valence electrons. The number of allylic oxidation sites excluding steroid dienone is 1. The monoisotopic (exact) mass is 447 g/mol. The molecule has 0 aliphatic rings. The second-order valence-electron chi connectivity index (χ2n) is 7.05. The van der Waals surface area contributed by atoms with Crippen LogP contribution in [0.1, 0.15) is 22.3 Å². The van der Waals surface area contributed by atoms with Crippen molar-refractivity contribution in [1.82, 2.24) is 0 Å². The zero-order valence-electron chi connectivity index (χ0n) is 18.0. The van der Waals surface area contributed by atoms with Gasteiger partial charge in [-0.05, 0) is 72.5 Å². The number of nitrogens with zero attached hydrogens (tertiary/aromatic N) is 1. The van der Waals surface area contributed by atoms with Crippen molar-refractivity contribution >= 4 is 29.2 Å². The highest BCUT2D eigenvalue weighted by Gasteiger charge is 2.13. The van der Waals surface area contributed by atoms with Crippen molar-refractivity contribution < 1.29 is 19.0 Å². The van der Waals surface area contributed by atoms with E-state index < -0.39 is 5.97 Å². The fourth-order valence-electron chi connectivity index (χ4n) is 3.00. The molecule has 5 nitrogen and oxygen atoms in total. The molecular formula is C26H22ClNO4. The molecule has 0 aromatic heterocycles. The topological polar surface area (TPSA) is 68.5 Å². The van der Waals surface area contributed by atoms with Crippen LogP contribution in [-0.2, 0) is 4.79 Å². The first-order chi connectivity index (χ1) is 15.4. The number of methoxy groups -OCH3 is 1. The molecule has 32 heavy (non-hydrogen) atoms. The molecule has 0 amide bonds. The molecule has 0 saturated carbocycles. The molecule has 0 radical (unpaired) electrons. The van der Waals surface area contributed by atoms with Crippen LogP contribution in [-0.4, -0.2) is 19.7 Å². The molecule has 0 saturated heterocycles. The third-order valence-electron chi connectivity index (χ3n) is 4.90. The van der Waals surface area contributed by atoms with Gasteiger partial charge in [-0.25, -0.2) is 4.79 Å². The Morgan fingerprint density at radius 1 is 1.03 bits per heavy atom. The van der Waals surface area contributed by atoms with E-state index in [1.807, 2.05) is 32.0 Å². The van der Waals surface area contributed by atoms with E-state index in [-0.39, 0.29) is 12.4 Å². The maximum absolute atomic E-state index is 12.3. The number of hydrogen-bond acceptors (Lipinski definition) is 5. The molecule has 0 spiro atoms. The van der Waals surface area contributed by atoms with E-state index in [1.54, 1.807) is 48.5 Å². The fraction of sp³-hybridized carbons (Fsp3) is 0.154. The number of hydrogen-bond donors (Lipinski definition) is 0. The van der Waals surface area contributed by atoms with Crippen LogP contribution in [0.3, 0.4) is 0 Å². The van der Waals surface area contributed by atoms with Gasteiger partial charge in [0.1, 0.15) is 5.75 Å². The van der Waals surface area contributed by atoms with E-state index in [0.29, 0.717) is 22.1 Å². The SMILES string of the molecule is COc1cc(/C=C(/C#N)c2ccc(Cl)cc2)ccc1OC(=O)COc1cccc(C)c1C. The molecule has 0 atom stereocenters. The number of aryl methyl sites for hydroxylation is 1. The van der Waals surface area contributed by atoms with Gasteiger partial charge in [-0.15, -0.1) is 0 Å². The van der Waals surface area contributed by atoms with Crippen LogP contribution in [0.5, 0.6) is 17.2 Å². The highest BCUT2D eigenvalue weighted by atomic mass is 35.5. The molecule has 0 unspecified atom stereocenters. The molecule has 0 aliphatic carbocycles. The molecule has 0 N–H and O–H groups in total. The minimum Gasteiger partial charge on any atom is -0.493 e. The maximum Gasteiger partial charge on any atom is 0.349 e. The third kappa shape index (κ3) is 5.69. The lowest BCUT2D eigenvalue weighted by Crippen LogP contribution is -2.18. The highest BCUT2D eigenvalue weighted by molar-refractivity contribution is 6.30. The van der Waals surface area contributed by atoms with Gasteiger partial charge in [-0.3, -0.25) is 0 Å². The van der Waals surface area contributed by atoms with Crippen molar-refractivity contribution in [2.75, 3.05) is 13.7 Å². The Morgan fingerprint density at radius 2 is 1.78 bits per heavy atom. The van der Waals surface area contributed by atoms with Crippen molar-refractivity contribution in [3.63, 3.8) is 0 Å². The number of ether oxygens (including phenoxy) is 3. The molecule has 0 fully saturated rings. The number of nitriles is 1. The van der Waals surface area contributed by atoms with Gasteiger partial charge in [0.05, 0.1) is 18.8 Å². The van der Waals surface area contributed by atoms with Crippen molar-refractivity contribution in [1.29, 1.82) is 5.26 Å². The summed E-state index contributed by atoms with van der Waals surface area (Å²) in [5.41, 5.74) is 3.99. The number of benzene rings is 3. The van der Waals surface area contributed by atoms with Gasteiger partial charge in [0.2, 0.25) is 0 Å². The van der Waals surface area contributed by atoms with Crippen molar-refractivity contribution in [2.45, 2.75) is 13.8 Å². The summed E-state index contributed by atoms with van der Waals surface area (Å²) in [6.07, 6.45) is 1.72. The van der Waals surface area contributed by atoms with Gasteiger partial charge >= 0.3 is 5.97 Å². The lowest BCUT2D eigenvalue weighted by Gasteiger charge is -2.12. The van der Waals surface area contributed by atoms with E-state index in [1.165, 1.54) is 7.11 Å². The molecule has 0 bridgehead atoms. The number of carbonyl (C=O) groups is 1. The van der Waals surface area contributed by atoms with Crippen molar-refractivity contribution in [3.05, 3.63) is 87.9 Å². The minimum absolute atomic E-state index is 0.232. The number of halogens is 1. The second-order valence-corrected chi connectivity index (χ2v) is 7.48. The first kappa shape index (κ1) is 22.9. The fourth-order valence-corrected chi connectivity index (χ4v) is 3.13. The first-order valence-electron chi connectivity index (χ1n) is 9.86. The summed E-state index contributed by atoms with van der Waals surface area (Å²) in [5, 5.41) is 10.1. The summed E-state index contributed by atoms with van der Waals surface area (Å²) >= 11 is 5.92. The predicted octanol–water partition coefficient (Wildman–Crippen LogP) is 6.01. The van der Waals surface area contributed by atoms with Gasteiger partial charge in [0, 0.05) is 5.02 Å². The van der Waals surface area contributed by atoms with Crippen LogP contribution in [0.15, 0.2) is 60.7 Å². The van der Waals surface area contributed by atoms with Crippen LogP contribution >= 0.6 is 11.6 Å². The average Bonchev–Trinajstić information content (AvgIpc) is 2.80. The predicted molar refractivity (Wildman–Crippen MR) is 125 cm³/mol. The Morgan fingerprint density at radius 3 is 2.47 bits per heavy atom. The van der Waals surface area contributed by atoms with Crippen molar-refractivity contribution in [2.24, 2.45) is 0 Å². The lowest BCUT2D eigenvalue weighted by atomic mass is 10.0. The van der Waals surface area contributed by atoms with Gasteiger partial charge in [-0.1, -0.05) is 41.9 Å². The van der Waals surface area contributed by atoms with Crippen LogP contribution in [0, 0.1) is 25.2 Å². The normalized spacial score (nSPS) is 10.9. The van der Waals surface area contributed by atoms with Crippen LogP contribution in [0.2, 0.25) is 5.02 Å². The number of carbonyl (C=O) groups excluding carboxylic acids is 1. The maximum atomic E-state index is 12.3. The molecular weight excluding hydrogens is 426 g/mol. The lowest BCUT2D eigenvalue weighted by molar-refractivity contribution is -0.136. The van der Waals surface area contributed by atoms with E-state index in [0.717, 1.165) is 22.3 Å². The molecule has 3 aromatic carbocycles. The van der Waals surface area contributed by atoms with Gasteiger partial charge in [-0.2, -0.15) is 5.26 Å². The van der Waals surface area contributed by atoms with Gasteiger partial charge in [0.15, 0.2) is 18.1 Å². The highest BCUT2D eigenvalue weighted by Crippen LogP contribution is 2.30. The largest absolute Gasteiger partial charge is 0.493 e. The molecule has 0 heterocycles. The Balaban J connectivity index is 1.73. The second kappa shape index (κ2) is 10.5. The number of rotatable bonds is 7. The summed E-state index contributed by atoms with van der Waals surface area (Å²) in [7, 11) is 1.48. The Bertz CT molecular complexity index is 1190. The molecule has 0 aliphatic heterocycles. The van der Waals surface area contributed by atoms with Crippen LogP contribution < -0.4 is 14.2 Å². The third-order valence-corrected chi connectivity index (χ3v) is 5.15. The molecule has 3 rings (SSSR count). The Hall–Kier alpha value is -3.75. The van der Waals surface area contributed by atoms with Crippen molar-refractivity contribution in [3.8, 4) is 23.3 Å². The zero-order chi connectivity index (χ0) is 23.1. The van der Waals surface area contributed by atoms with E-state index in [9.17, 15) is 10.1 Å². The summed E-state index contributed by atoms with van der Waals surface area (Å²) in [6.45, 7) is 3.68. The average molecular weight is 448 g/mol. The van der Waals surface area contributed by atoms with Crippen LogP contribution in [0.4, 0.5) is 0 Å². The first-order valence-corrected chi connectivity index (χ1v) is 10.2. The minimum atomic E-state index is -0.550. The Labute approximate surface area is 192 Å². The van der Waals surface area contributed by atoms with Gasteiger partial charge < -0.3 is 14.2 Å². The van der Waals surface area contributed by atoms with E-state index in [2.05, 4.69) is 6.07 Å². The smallest absolute Gasteiger partial charge is 0.349 e. The standard InChI is InChI=1S/C26H22ClNO4/c1-17-5-4-6-23(18(17)2)31-16-26(29)32-24-12-7-19(14-25(24)30-3)13-21(15-28)20-8-10-22(27)11-9-20/h4-14H,16H2,1-3H3/b21-13-. The summed E-state index contributed by atoms with van der Waals surface area (Å²) in [4.78, 5) is 12.3. The van der Waals surface area contributed by atoms with E-state index in [4.69, 9.17) is 25.8 Å².